The third-order valence-electron chi connectivity index (χ3n) is 0. The van der Waals surface area contributed by atoms with E-state index in [1.165, 1.54) is 0 Å². The van der Waals surface area contributed by atoms with E-state index in [2.05, 4.69) is 0 Å². The van der Waals surface area contributed by atoms with Gasteiger partial charge >= 0.3 is 0 Å². The molecule has 0 saturated carbocycles. The molecular formula is H9N3Si2. The Morgan fingerprint density at radius 1 is 1.20 bits per heavy atom. The molecule has 0 aliphatic heterocycles. The van der Waals surface area contributed by atoms with Gasteiger partial charge in [-0.05, 0) is 0 Å². The predicted molar refractivity (Wildman–Crippen MR) is 28.3 cm³/mol. The van der Waals surface area contributed by atoms with Crippen molar-refractivity contribution in [3.63, 3.8) is 0 Å². The summed E-state index contributed by atoms with van der Waals surface area (Å²) in [6.45, 7) is 0. The number of hydrogen-bond donors (Lipinski definition) is 3. The highest BCUT2D eigenvalue weighted by molar-refractivity contribution is 7.11. The maximum Gasteiger partial charge on any atom is 0.242 e. The minimum Gasteiger partial charge on any atom is -0.330 e. The molecule has 0 saturated heterocycles. The highest BCUT2D eigenvalue weighted by Crippen LogP contribution is 1.41. The third kappa shape index (κ3) is 235. The van der Waals surface area contributed by atoms with E-state index in [1.807, 2.05) is 0 Å². The number of nitrogens with two attached hydrogens (primary N) is 3. The van der Waals surface area contributed by atoms with Crippen LogP contribution in [0.2, 0.25) is 0 Å². The van der Waals surface area contributed by atoms with Crippen molar-refractivity contribution in [2.75, 3.05) is 0 Å². The van der Waals surface area contributed by atoms with E-state index in [0.29, 0.717) is 0 Å². The Labute approximate surface area is 35.0 Å². The van der Waals surface area contributed by atoms with E-state index < -0.39 is 8.08 Å². The average molecular weight is 107 g/mol. The molecule has 0 aliphatic rings. The fourth-order valence-corrected chi connectivity index (χ4v) is 0. The second kappa shape index (κ2) is 1.19. The highest BCUT2D eigenvalue weighted by Gasteiger charge is 2.03. The lowest BCUT2D eigenvalue weighted by Crippen LogP contribution is -2.65. The van der Waals surface area contributed by atoms with Crippen molar-refractivity contribution < 1.29 is 0 Å². The van der Waals surface area contributed by atoms with E-state index in [9.17, 15) is 0 Å². The summed E-state index contributed by atoms with van der Waals surface area (Å²) in [5, 5.41) is 15.3. The van der Waals surface area contributed by atoms with Crippen LogP contribution in [0.3, 0.4) is 0 Å². The first-order valence-corrected chi connectivity index (χ1v) is 7.10. The van der Waals surface area contributed by atoms with Crippen LogP contribution in [0.25, 0.3) is 0 Å². The maximum atomic E-state index is 5.11. The van der Waals surface area contributed by atoms with E-state index in [1.54, 1.807) is 0 Å². The lowest BCUT2D eigenvalue weighted by Gasteiger charge is -2.02. The van der Waals surface area contributed by atoms with Gasteiger partial charge in [-0.25, -0.2) is 0 Å². The van der Waals surface area contributed by atoms with Gasteiger partial charge < -0.3 is 16.2 Å². The quantitative estimate of drug-likeness (QED) is 0.283. The van der Waals surface area contributed by atoms with E-state index in [4.69, 9.17) is 16.2 Å². The molecule has 0 amide bonds. The van der Waals surface area contributed by atoms with Crippen molar-refractivity contribution in [1.29, 1.82) is 0 Å². The molecule has 0 aromatic carbocycles. The third-order valence-corrected chi connectivity index (χ3v) is 0. The molecule has 5 heavy (non-hydrogen) atoms. The molecule has 0 rings (SSSR count). The van der Waals surface area contributed by atoms with Crippen LogP contribution in [0, 0.1) is 0 Å². The zero-order valence-electron chi connectivity index (χ0n) is 3.23. The van der Waals surface area contributed by atoms with Gasteiger partial charge in [0, 0.05) is 0 Å². The summed E-state index contributed by atoms with van der Waals surface area (Å²) < 4.78 is 0. The average Bonchev–Trinajstić information content (AvgIpc) is 0.722. The van der Waals surface area contributed by atoms with Crippen molar-refractivity contribution in [1.82, 2.24) is 0 Å². The lowest BCUT2D eigenvalue weighted by molar-refractivity contribution is 1.51. The summed E-state index contributed by atoms with van der Waals surface area (Å²) >= 11 is 0. The molecule has 0 aromatic heterocycles. The van der Waals surface area contributed by atoms with Gasteiger partial charge in [0.1, 0.15) is 0 Å². The van der Waals surface area contributed by atoms with Gasteiger partial charge in [0.2, 0.25) is 8.08 Å². The van der Waals surface area contributed by atoms with Crippen LogP contribution >= 0.6 is 0 Å². The van der Waals surface area contributed by atoms with Crippen LogP contribution in [0.15, 0.2) is 0 Å². The smallest absolute Gasteiger partial charge is 0.242 e. The van der Waals surface area contributed by atoms with Crippen LogP contribution in [0.5, 0.6) is 0 Å². The Balaban J connectivity index is 3.02. The molecule has 32 valence electrons. The predicted octanol–water partition coefficient (Wildman–Crippen LogP) is -3.34. The van der Waals surface area contributed by atoms with Gasteiger partial charge in [-0.2, -0.15) is 0 Å². The molecule has 0 fully saturated rings. The maximum absolute atomic E-state index is 5.11. The Morgan fingerprint density at radius 2 is 1.20 bits per heavy atom. The van der Waals surface area contributed by atoms with Gasteiger partial charge in [-0.1, -0.05) is 0 Å². The molecule has 0 aliphatic carbocycles. The minimum atomic E-state index is -1.97. The fourth-order valence-electron chi connectivity index (χ4n) is 0. The molecule has 0 heterocycles. The summed E-state index contributed by atoms with van der Waals surface area (Å²) in [6.07, 6.45) is 0. The van der Waals surface area contributed by atoms with Crippen LogP contribution in [0.4, 0.5) is 0 Å². The van der Waals surface area contributed by atoms with Crippen molar-refractivity contribution >= 4 is 17.8 Å². The molecule has 0 atom stereocenters. The monoisotopic (exact) mass is 107 g/mol. The summed E-state index contributed by atoms with van der Waals surface area (Å²) in [6, 6.07) is 0. The van der Waals surface area contributed by atoms with Gasteiger partial charge in [0.15, 0.2) is 0 Å². The Hall–Kier alpha value is 0.314. The van der Waals surface area contributed by atoms with Crippen molar-refractivity contribution in [3.8, 4) is 0 Å². The molecule has 3 nitrogen and oxygen atoms in total. The van der Waals surface area contributed by atoms with Crippen LogP contribution < -0.4 is 16.2 Å². The topological polar surface area (TPSA) is 78.1 Å². The first-order chi connectivity index (χ1) is 2.00. The number of hydrogen-bond acceptors (Lipinski definition) is 3. The second-order valence-electron chi connectivity index (χ2n) is 1.37. The summed E-state index contributed by atoms with van der Waals surface area (Å²) in [5.41, 5.74) is 0. The normalized spacial score (nSPS) is 12.6. The Morgan fingerprint density at radius 3 is 1.20 bits per heavy atom. The Kier molecular flexibility index (Phi) is 1.26. The molecule has 0 aromatic rings. The minimum absolute atomic E-state index is 0.780. The lowest BCUT2D eigenvalue weighted by atomic mass is 13.8. The largest absolute Gasteiger partial charge is 0.330 e. The number of rotatable bonds is 0. The van der Waals surface area contributed by atoms with E-state index in [-0.39, 0.29) is 0 Å². The fraction of sp³-hybridized carbons (Fsp3) is 0. The molecule has 0 spiro atoms. The van der Waals surface area contributed by atoms with Gasteiger partial charge in [0.25, 0.3) is 0 Å². The van der Waals surface area contributed by atoms with Crippen LogP contribution in [-0.2, 0) is 0 Å². The van der Waals surface area contributed by atoms with Crippen LogP contribution in [-0.4, -0.2) is 17.8 Å². The Bertz CT molecular complexity index is 20.4. The van der Waals surface area contributed by atoms with Crippen molar-refractivity contribution in [3.05, 3.63) is 0 Å². The highest BCUT2D eigenvalue weighted by atomic mass is 29.2. The first kappa shape index (κ1) is 5.31. The molecule has 0 unspecified atom stereocenters. The summed E-state index contributed by atoms with van der Waals surface area (Å²) in [4.78, 5) is 0. The zero-order chi connectivity index (χ0) is 4.50. The van der Waals surface area contributed by atoms with Gasteiger partial charge in [-0.3, -0.25) is 0 Å². The van der Waals surface area contributed by atoms with Crippen LogP contribution in [0.1, 0.15) is 0 Å². The summed E-state index contributed by atoms with van der Waals surface area (Å²) in [7, 11) is -1.19. The molecule has 5 heteroatoms. The molecule has 6 N–H and O–H groups in total. The van der Waals surface area contributed by atoms with Gasteiger partial charge in [0.05, 0.1) is 9.76 Å². The molecular weight excluding hydrogens is 98.2 g/mol. The summed E-state index contributed by atoms with van der Waals surface area (Å²) in [5.74, 6) is 0. The SMILES string of the molecule is N[Si](N)(N)[SiH3]. The second-order valence-corrected chi connectivity index (χ2v) is 9.29. The standard InChI is InChI=1S/H9N3Si2/c1-5(2,3)4/h1-3H2,4H3. The zero-order valence-corrected chi connectivity index (χ0v) is 6.23. The molecule has 0 bridgehead atoms. The van der Waals surface area contributed by atoms with E-state index in [0.717, 1.165) is 9.76 Å². The van der Waals surface area contributed by atoms with Crippen molar-refractivity contribution in [2.24, 2.45) is 16.2 Å². The van der Waals surface area contributed by atoms with Gasteiger partial charge in [-0.15, -0.1) is 0 Å². The van der Waals surface area contributed by atoms with E-state index >= 15 is 0 Å². The molecule has 0 radical (unpaired) electrons. The first-order valence-electron chi connectivity index (χ1n) is 1.37. The van der Waals surface area contributed by atoms with Crippen molar-refractivity contribution in [2.45, 2.75) is 0 Å².